The van der Waals surface area contributed by atoms with E-state index in [2.05, 4.69) is 30.2 Å². The maximum absolute atomic E-state index is 13.3. The van der Waals surface area contributed by atoms with Crippen LogP contribution in [0.1, 0.15) is 17.0 Å². The molecular weight excluding hydrogens is 428 g/mol. The first-order valence-electron chi connectivity index (χ1n) is 9.35. The van der Waals surface area contributed by atoms with Crippen molar-refractivity contribution in [2.45, 2.75) is 19.3 Å². The molecule has 0 saturated carbocycles. The molecule has 0 amide bonds. The quantitative estimate of drug-likeness (QED) is 0.441. The summed E-state index contributed by atoms with van der Waals surface area (Å²) in [6.07, 6.45) is 0.119. The molecule has 0 saturated heterocycles. The molecule has 4 rings (SSSR count). The monoisotopic (exact) mass is 444 g/mol. The summed E-state index contributed by atoms with van der Waals surface area (Å²) in [5, 5.41) is 3.73. The molecule has 0 spiro atoms. The molecule has 4 aromatic rings. The molecule has 0 fully saturated rings. The number of halogens is 4. The molecule has 0 radical (unpaired) electrons. The summed E-state index contributed by atoms with van der Waals surface area (Å²) < 4.78 is 56.5. The largest absolute Gasteiger partial charge is 0.451 e. The van der Waals surface area contributed by atoms with Crippen LogP contribution >= 0.6 is 0 Å². The van der Waals surface area contributed by atoms with Gasteiger partial charge in [0.2, 0.25) is 5.82 Å². The van der Waals surface area contributed by atoms with E-state index < -0.39 is 17.8 Å². The van der Waals surface area contributed by atoms with Gasteiger partial charge in [-0.15, -0.1) is 0 Å². The fourth-order valence-corrected chi connectivity index (χ4v) is 3.12. The van der Waals surface area contributed by atoms with E-state index in [1.165, 1.54) is 12.4 Å². The topological polar surface area (TPSA) is 85.7 Å². The van der Waals surface area contributed by atoms with Gasteiger partial charge >= 0.3 is 6.18 Å². The van der Waals surface area contributed by atoms with Crippen LogP contribution in [-0.4, -0.2) is 32.0 Å². The third-order valence-corrected chi connectivity index (χ3v) is 4.56. The summed E-state index contributed by atoms with van der Waals surface area (Å²) in [5.74, 6) is -1.19. The number of nitrogens with zero attached hydrogens (tertiary/aromatic N) is 5. The van der Waals surface area contributed by atoms with E-state index in [1.807, 2.05) is 6.07 Å². The Balaban J connectivity index is 1.69. The van der Waals surface area contributed by atoms with Gasteiger partial charge < -0.3 is 10.1 Å². The summed E-state index contributed by atoms with van der Waals surface area (Å²) in [6.45, 7) is 0.414. The highest BCUT2D eigenvalue weighted by atomic mass is 19.4. The van der Waals surface area contributed by atoms with Crippen molar-refractivity contribution in [2.75, 3.05) is 12.4 Å². The summed E-state index contributed by atoms with van der Waals surface area (Å²) in [4.78, 5) is 19.4. The van der Waals surface area contributed by atoms with Crippen molar-refractivity contribution in [3.05, 3.63) is 72.0 Å². The van der Waals surface area contributed by atoms with E-state index in [0.29, 0.717) is 33.5 Å². The average Bonchev–Trinajstić information content (AvgIpc) is 2.78. The fourth-order valence-electron chi connectivity index (χ4n) is 3.12. The van der Waals surface area contributed by atoms with Crippen LogP contribution in [0.3, 0.4) is 0 Å². The number of hydrogen-bond donors (Lipinski definition) is 1. The predicted molar refractivity (Wildman–Crippen MR) is 108 cm³/mol. The number of methoxy groups -OCH3 is 1. The molecule has 7 nitrogen and oxygen atoms in total. The molecular formula is C21H16F4N6O. The number of hydrogen-bond acceptors (Lipinski definition) is 7. The Morgan fingerprint density at radius 2 is 1.75 bits per heavy atom. The Hall–Kier alpha value is -3.73. The van der Waals surface area contributed by atoms with Crippen molar-refractivity contribution in [2.24, 2.45) is 0 Å². The zero-order valence-electron chi connectivity index (χ0n) is 16.7. The molecule has 0 atom stereocenters. The Labute approximate surface area is 179 Å². The molecule has 0 aliphatic heterocycles. The molecule has 0 aliphatic rings. The lowest BCUT2D eigenvalue weighted by atomic mass is 10.0. The van der Waals surface area contributed by atoms with Crippen LogP contribution in [0, 0.1) is 5.82 Å². The van der Waals surface area contributed by atoms with Crippen LogP contribution in [0.5, 0.6) is 0 Å². The van der Waals surface area contributed by atoms with Crippen molar-refractivity contribution >= 4 is 16.7 Å². The van der Waals surface area contributed by atoms with Crippen molar-refractivity contribution in [1.82, 2.24) is 24.9 Å². The standard InChI is InChI=1S/C21H16F4N6O/c1-32-10-14-4-13(17-3-2-15(22)9-26-17)5-16-18(14)30-11-31-19(16)27-6-12-7-28-20(29-8-12)21(23,24)25/h2-5,7-9,11H,6,10H2,1H3,(H,27,30,31). The summed E-state index contributed by atoms with van der Waals surface area (Å²) in [7, 11) is 1.56. The average molecular weight is 444 g/mol. The number of anilines is 1. The lowest BCUT2D eigenvalue weighted by Gasteiger charge is -2.13. The van der Waals surface area contributed by atoms with Gasteiger partial charge in [-0.25, -0.2) is 24.3 Å². The Morgan fingerprint density at radius 1 is 0.969 bits per heavy atom. The van der Waals surface area contributed by atoms with Gasteiger partial charge in [0.1, 0.15) is 18.0 Å². The predicted octanol–water partition coefficient (Wildman–Crippen LogP) is 4.40. The van der Waals surface area contributed by atoms with E-state index in [4.69, 9.17) is 4.74 Å². The molecule has 3 aromatic heterocycles. The third-order valence-electron chi connectivity index (χ3n) is 4.56. The second-order valence-corrected chi connectivity index (χ2v) is 6.81. The van der Waals surface area contributed by atoms with Gasteiger partial charge in [-0.2, -0.15) is 13.2 Å². The Morgan fingerprint density at radius 3 is 2.41 bits per heavy atom. The minimum Gasteiger partial charge on any atom is -0.380 e. The number of aromatic nitrogens is 5. The van der Waals surface area contributed by atoms with Crippen molar-refractivity contribution < 1.29 is 22.3 Å². The van der Waals surface area contributed by atoms with Crippen LogP contribution in [0.15, 0.2) is 49.2 Å². The number of fused-ring (bicyclic) bond motifs is 1. The van der Waals surface area contributed by atoms with Gasteiger partial charge in [0.15, 0.2) is 0 Å². The molecule has 32 heavy (non-hydrogen) atoms. The maximum atomic E-state index is 13.3. The second kappa shape index (κ2) is 8.79. The lowest BCUT2D eigenvalue weighted by Crippen LogP contribution is -2.12. The van der Waals surface area contributed by atoms with E-state index in [1.54, 1.807) is 19.2 Å². The lowest BCUT2D eigenvalue weighted by molar-refractivity contribution is -0.145. The molecule has 1 N–H and O–H groups in total. The third kappa shape index (κ3) is 4.62. The van der Waals surface area contributed by atoms with E-state index in [-0.39, 0.29) is 13.2 Å². The fraction of sp³-hybridized carbons (Fsp3) is 0.190. The number of rotatable bonds is 6. The highest BCUT2D eigenvalue weighted by Gasteiger charge is 2.34. The van der Waals surface area contributed by atoms with E-state index in [0.717, 1.165) is 24.2 Å². The molecule has 1 aromatic carbocycles. The Bertz CT molecular complexity index is 1230. The highest BCUT2D eigenvalue weighted by molar-refractivity contribution is 5.94. The molecule has 0 bridgehead atoms. The maximum Gasteiger partial charge on any atom is 0.451 e. The van der Waals surface area contributed by atoms with E-state index in [9.17, 15) is 17.6 Å². The number of nitrogens with one attached hydrogen (secondary N) is 1. The minimum absolute atomic E-state index is 0.142. The number of alkyl halides is 3. The van der Waals surface area contributed by atoms with Crippen LogP contribution in [0.4, 0.5) is 23.4 Å². The van der Waals surface area contributed by atoms with Crippen molar-refractivity contribution in [3.63, 3.8) is 0 Å². The molecule has 164 valence electrons. The summed E-state index contributed by atoms with van der Waals surface area (Å²) in [5.41, 5.74) is 3.11. The molecule has 0 aliphatic carbocycles. The zero-order valence-corrected chi connectivity index (χ0v) is 16.7. The van der Waals surface area contributed by atoms with Gasteiger partial charge in [-0.05, 0) is 24.3 Å². The van der Waals surface area contributed by atoms with E-state index >= 15 is 0 Å². The van der Waals surface area contributed by atoms with Crippen LogP contribution in [-0.2, 0) is 24.1 Å². The normalized spacial score (nSPS) is 11.7. The van der Waals surface area contributed by atoms with Gasteiger partial charge in [-0.3, -0.25) is 4.98 Å². The SMILES string of the molecule is COCc1cc(-c2ccc(F)cn2)cc2c(NCc3cnc(C(F)(F)F)nc3)ncnc12. The highest BCUT2D eigenvalue weighted by Crippen LogP contribution is 2.30. The first kappa shape index (κ1) is 21.5. The number of pyridine rings is 1. The second-order valence-electron chi connectivity index (χ2n) is 6.81. The van der Waals surface area contributed by atoms with Gasteiger partial charge in [0.05, 0.1) is 24.0 Å². The molecule has 11 heteroatoms. The first-order valence-corrected chi connectivity index (χ1v) is 9.35. The van der Waals surface area contributed by atoms with Crippen molar-refractivity contribution in [1.29, 1.82) is 0 Å². The minimum atomic E-state index is -4.60. The van der Waals surface area contributed by atoms with Gasteiger partial charge in [0.25, 0.3) is 0 Å². The smallest absolute Gasteiger partial charge is 0.380 e. The molecule has 0 unspecified atom stereocenters. The Kier molecular flexibility index (Phi) is 5.91. The van der Waals surface area contributed by atoms with Crippen LogP contribution in [0.2, 0.25) is 0 Å². The summed E-state index contributed by atoms with van der Waals surface area (Å²) >= 11 is 0. The summed E-state index contributed by atoms with van der Waals surface area (Å²) in [6, 6.07) is 6.53. The van der Waals surface area contributed by atoms with Crippen LogP contribution < -0.4 is 5.32 Å². The van der Waals surface area contributed by atoms with Crippen molar-refractivity contribution in [3.8, 4) is 11.3 Å². The first-order chi connectivity index (χ1) is 15.3. The number of benzene rings is 1. The molecule has 3 heterocycles. The van der Waals surface area contributed by atoms with Gasteiger partial charge in [0, 0.05) is 48.1 Å². The zero-order chi connectivity index (χ0) is 22.7. The number of ether oxygens (including phenoxy) is 1. The van der Waals surface area contributed by atoms with Crippen LogP contribution in [0.25, 0.3) is 22.2 Å². The van der Waals surface area contributed by atoms with Gasteiger partial charge in [-0.1, -0.05) is 0 Å².